The third-order valence-electron chi connectivity index (χ3n) is 7.71. The summed E-state index contributed by atoms with van der Waals surface area (Å²) >= 11 is 0. The van der Waals surface area contributed by atoms with Crippen molar-refractivity contribution in [1.29, 1.82) is 0 Å². The number of aromatic nitrogens is 3. The lowest BCUT2D eigenvalue weighted by Gasteiger charge is -2.45. The predicted molar refractivity (Wildman–Crippen MR) is 124 cm³/mol. The summed E-state index contributed by atoms with van der Waals surface area (Å²) in [4.78, 5) is 28.4. The molecule has 2 atom stereocenters. The molecule has 36 heavy (non-hydrogen) atoms. The monoisotopic (exact) mass is 501 g/mol. The van der Waals surface area contributed by atoms with Gasteiger partial charge >= 0.3 is 12.2 Å². The Kier molecular flexibility index (Phi) is 5.19. The number of alkyl halides is 3. The summed E-state index contributed by atoms with van der Waals surface area (Å²) in [6, 6.07) is 4.38. The number of amides is 2. The first-order valence-corrected chi connectivity index (χ1v) is 12.1. The van der Waals surface area contributed by atoms with Crippen molar-refractivity contribution in [1.82, 2.24) is 24.8 Å². The molecule has 2 N–H and O–H groups in total. The SMILES string of the molecule is Cc1cc(-c2cnc3nc[nH]c3c2)cc2c1OCCN(C(=O)N1C3CCC1CC(O)(C(F)(F)F)C3)C2. The minimum atomic E-state index is -4.71. The number of carbonyl (C=O) groups excluding carboxylic acids is 1. The van der Waals surface area contributed by atoms with Gasteiger partial charge in [-0.1, -0.05) is 0 Å². The van der Waals surface area contributed by atoms with Crippen LogP contribution in [0.5, 0.6) is 5.75 Å². The number of hydrogen-bond donors (Lipinski definition) is 2. The van der Waals surface area contributed by atoms with Crippen LogP contribution >= 0.6 is 0 Å². The van der Waals surface area contributed by atoms with Crippen molar-refractivity contribution < 1.29 is 27.8 Å². The minimum Gasteiger partial charge on any atom is -0.491 e. The number of fused-ring (bicyclic) bond motifs is 4. The van der Waals surface area contributed by atoms with E-state index in [0.29, 0.717) is 25.0 Å². The lowest BCUT2D eigenvalue weighted by Crippen LogP contribution is -2.60. The maximum Gasteiger partial charge on any atom is 0.417 e. The molecule has 0 aliphatic carbocycles. The number of carbonyl (C=O) groups is 1. The first-order chi connectivity index (χ1) is 17.1. The summed E-state index contributed by atoms with van der Waals surface area (Å²) in [6.07, 6.45) is -1.41. The molecule has 2 bridgehead atoms. The number of H-pyrrole nitrogens is 1. The number of piperidine rings is 1. The van der Waals surface area contributed by atoms with Crippen molar-refractivity contribution in [2.24, 2.45) is 0 Å². The van der Waals surface area contributed by atoms with Crippen molar-refractivity contribution >= 4 is 17.2 Å². The Morgan fingerprint density at radius 1 is 1.17 bits per heavy atom. The minimum absolute atomic E-state index is 0.280. The number of halogens is 3. The van der Waals surface area contributed by atoms with E-state index in [4.69, 9.17) is 4.74 Å². The van der Waals surface area contributed by atoms with E-state index in [9.17, 15) is 23.1 Å². The van der Waals surface area contributed by atoms with Crippen molar-refractivity contribution in [2.45, 2.75) is 63.0 Å². The summed E-state index contributed by atoms with van der Waals surface area (Å²) in [5.41, 5.74) is 2.26. The van der Waals surface area contributed by atoms with E-state index in [1.807, 2.05) is 25.1 Å². The van der Waals surface area contributed by atoms with Crippen LogP contribution in [0, 0.1) is 6.92 Å². The molecular weight excluding hydrogens is 475 g/mol. The average molecular weight is 502 g/mol. The molecule has 6 rings (SSSR count). The Morgan fingerprint density at radius 3 is 2.64 bits per heavy atom. The number of rotatable bonds is 1. The summed E-state index contributed by atoms with van der Waals surface area (Å²) in [5.74, 6) is 0.720. The van der Waals surface area contributed by atoms with Crippen LogP contribution in [0.15, 0.2) is 30.7 Å². The van der Waals surface area contributed by atoms with Gasteiger partial charge < -0.3 is 24.6 Å². The van der Waals surface area contributed by atoms with Crippen LogP contribution in [0.4, 0.5) is 18.0 Å². The molecule has 3 aliphatic heterocycles. The van der Waals surface area contributed by atoms with Gasteiger partial charge in [-0.05, 0) is 49.1 Å². The fourth-order valence-corrected chi connectivity index (χ4v) is 5.96. The Hall–Kier alpha value is -3.34. The van der Waals surface area contributed by atoms with Crippen molar-refractivity contribution in [3.8, 4) is 16.9 Å². The Bertz CT molecular complexity index is 1330. The third-order valence-corrected chi connectivity index (χ3v) is 7.71. The van der Waals surface area contributed by atoms with Crippen molar-refractivity contribution in [2.75, 3.05) is 13.2 Å². The van der Waals surface area contributed by atoms with E-state index in [1.165, 1.54) is 0 Å². The largest absolute Gasteiger partial charge is 0.491 e. The van der Waals surface area contributed by atoms with Crippen molar-refractivity contribution in [3.05, 3.63) is 41.9 Å². The number of nitrogens with one attached hydrogen (secondary N) is 1. The quantitative estimate of drug-likeness (QED) is 0.522. The molecule has 2 amide bonds. The van der Waals surface area contributed by atoms with E-state index in [-0.39, 0.29) is 19.2 Å². The highest BCUT2D eigenvalue weighted by molar-refractivity contribution is 5.79. The van der Waals surface area contributed by atoms with Gasteiger partial charge in [0.25, 0.3) is 0 Å². The third kappa shape index (κ3) is 3.68. The lowest BCUT2D eigenvalue weighted by atomic mass is 9.85. The molecule has 0 saturated carbocycles. The number of ether oxygens (including phenoxy) is 1. The summed E-state index contributed by atoms with van der Waals surface area (Å²) < 4.78 is 46.5. The highest BCUT2D eigenvalue weighted by atomic mass is 19.4. The number of pyridine rings is 1. The van der Waals surface area contributed by atoms with Gasteiger partial charge in [0.2, 0.25) is 0 Å². The van der Waals surface area contributed by atoms with Crippen LogP contribution in [0.2, 0.25) is 0 Å². The van der Waals surface area contributed by atoms with E-state index in [2.05, 4.69) is 15.0 Å². The first-order valence-electron chi connectivity index (χ1n) is 12.1. The fourth-order valence-electron chi connectivity index (χ4n) is 5.96. The summed E-state index contributed by atoms with van der Waals surface area (Å²) in [7, 11) is 0. The molecule has 0 spiro atoms. The number of benzene rings is 1. The van der Waals surface area contributed by atoms with Gasteiger partial charge in [0, 0.05) is 42.2 Å². The predicted octanol–water partition coefficient (Wildman–Crippen LogP) is 4.17. The van der Waals surface area contributed by atoms with E-state index in [0.717, 1.165) is 33.5 Å². The number of aliphatic hydroxyl groups is 1. The van der Waals surface area contributed by atoms with Gasteiger partial charge in [0.1, 0.15) is 12.4 Å². The van der Waals surface area contributed by atoms with Gasteiger partial charge in [-0.15, -0.1) is 0 Å². The molecule has 2 saturated heterocycles. The first kappa shape index (κ1) is 23.1. The number of imidazole rings is 1. The van der Waals surface area contributed by atoms with Gasteiger partial charge in [0.05, 0.1) is 24.9 Å². The molecule has 2 fully saturated rings. The second-order valence-electron chi connectivity index (χ2n) is 10.1. The number of nitrogens with zero attached hydrogens (tertiary/aromatic N) is 4. The van der Waals surface area contributed by atoms with Crippen LogP contribution in [-0.4, -0.2) is 72.9 Å². The van der Waals surface area contributed by atoms with Crippen LogP contribution in [0.1, 0.15) is 36.8 Å². The topological polar surface area (TPSA) is 94.6 Å². The number of aryl methyl sites for hydroxylation is 1. The van der Waals surface area contributed by atoms with Crippen LogP contribution < -0.4 is 4.74 Å². The average Bonchev–Trinajstić information content (AvgIpc) is 3.32. The highest BCUT2D eigenvalue weighted by Crippen LogP contribution is 2.48. The summed E-state index contributed by atoms with van der Waals surface area (Å²) in [6.45, 7) is 2.84. The van der Waals surface area contributed by atoms with Crippen LogP contribution in [-0.2, 0) is 6.54 Å². The van der Waals surface area contributed by atoms with E-state index >= 15 is 0 Å². The van der Waals surface area contributed by atoms with Crippen LogP contribution in [0.3, 0.4) is 0 Å². The standard InChI is InChI=1S/C25H26F3N5O3/c1-14-6-15(16-8-20-22(29-11-16)31-13-30-20)7-17-12-32(4-5-36-21(14)17)23(34)33-18-2-3-19(33)10-24(35,9-18)25(26,27)28/h6-8,11,13,18-19,35H,2-5,9-10,12H2,1H3,(H,29,30,31). The number of aromatic amines is 1. The Morgan fingerprint density at radius 2 is 1.92 bits per heavy atom. The van der Waals surface area contributed by atoms with Gasteiger partial charge in [-0.2, -0.15) is 13.2 Å². The zero-order valence-corrected chi connectivity index (χ0v) is 19.7. The maximum absolute atomic E-state index is 13.6. The van der Waals surface area contributed by atoms with Gasteiger partial charge in [-0.3, -0.25) is 0 Å². The molecule has 11 heteroatoms. The van der Waals surface area contributed by atoms with Gasteiger partial charge in [-0.25, -0.2) is 14.8 Å². The number of hydrogen-bond acceptors (Lipinski definition) is 5. The lowest BCUT2D eigenvalue weighted by molar-refractivity contribution is -0.277. The molecule has 0 radical (unpaired) electrons. The Balaban J connectivity index is 1.27. The van der Waals surface area contributed by atoms with Gasteiger partial charge in [0.15, 0.2) is 11.2 Å². The zero-order chi connectivity index (χ0) is 25.2. The molecule has 3 aromatic rings. The fraction of sp³-hybridized carbons (Fsp3) is 0.480. The molecule has 5 heterocycles. The molecule has 190 valence electrons. The second kappa shape index (κ2) is 8.09. The maximum atomic E-state index is 13.6. The smallest absolute Gasteiger partial charge is 0.417 e. The molecular formula is C25H26F3N5O3. The molecule has 1 aromatic carbocycles. The van der Waals surface area contributed by atoms with Crippen LogP contribution in [0.25, 0.3) is 22.3 Å². The number of urea groups is 1. The highest BCUT2D eigenvalue weighted by Gasteiger charge is 2.61. The molecule has 3 aliphatic rings. The molecule has 2 unspecified atom stereocenters. The molecule has 2 aromatic heterocycles. The zero-order valence-electron chi connectivity index (χ0n) is 19.7. The normalized spacial score (nSPS) is 26.0. The molecule has 8 nitrogen and oxygen atoms in total. The summed E-state index contributed by atoms with van der Waals surface area (Å²) in [5, 5.41) is 10.3. The second-order valence-corrected chi connectivity index (χ2v) is 10.1. The van der Waals surface area contributed by atoms with E-state index in [1.54, 1.807) is 22.3 Å². The Labute approximate surface area is 205 Å². The van der Waals surface area contributed by atoms with Crippen molar-refractivity contribution in [3.63, 3.8) is 0 Å². The van der Waals surface area contributed by atoms with E-state index < -0.39 is 36.7 Å².